The van der Waals surface area contributed by atoms with Crippen LogP contribution in [-0.2, 0) is 0 Å². The Morgan fingerprint density at radius 1 is 0.824 bits per heavy atom. The molecular formula is C12H8Cl3NSi. The van der Waals surface area contributed by atoms with E-state index in [9.17, 15) is 0 Å². The molecule has 17 heavy (non-hydrogen) atoms. The smallest absolute Gasteiger partial charge is 0.355 e. The molecule has 0 unspecified atom stereocenters. The highest BCUT2D eigenvalue weighted by Gasteiger charge is 2.28. The summed E-state index contributed by atoms with van der Waals surface area (Å²) in [6.45, 7) is 0. The van der Waals surface area contributed by atoms with E-state index in [-0.39, 0.29) is 0 Å². The topological polar surface area (TPSA) is 15.8 Å². The summed E-state index contributed by atoms with van der Waals surface area (Å²) in [7, 11) is 0. The van der Waals surface area contributed by atoms with Gasteiger partial charge in [0.15, 0.2) is 0 Å². The summed E-state index contributed by atoms with van der Waals surface area (Å²) in [5, 5.41) is 3.16. The Bertz CT molecular complexity index is 700. The highest BCUT2D eigenvalue weighted by Crippen LogP contribution is 2.26. The lowest BCUT2D eigenvalue weighted by Crippen LogP contribution is -2.29. The first-order valence-electron chi connectivity index (χ1n) is 5.13. The van der Waals surface area contributed by atoms with Crippen molar-refractivity contribution in [1.29, 1.82) is 0 Å². The molecule has 1 N–H and O–H groups in total. The summed E-state index contributed by atoms with van der Waals surface area (Å²) in [6, 6.07) is 11.2. The van der Waals surface area contributed by atoms with E-state index in [0.717, 1.165) is 21.6 Å². The average molecular weight is 301 g/mol. The lowest BCUT2D eigenvalue weighted by molar-refractivity contribution is 1.55. The van der Waals surface area contributed by atoms with Crippen LogP contribution in [-0.4, -0.2) is 11.0 Å². The van der Waals surface area contributed by atoms with Crippen LogP contribution in [0.25, 0.3) is 21.8 Å². The molecule has 0 amide bonds. The highest BCUT2D eigenvalue weighted by atomic mass is 35.8. The number of rotatable bonds is 1. The largest absolute Gasteiger partial charge is 0.372 e. The van der Waals surface area contributed by atoms with Crippen LogP contribution in [0, 0.1) is 0 Å². The zero-order valence-electron chi connectivity index (χ0n) is 8.68. The maximum absolute atomic E-state index is 6.01. The molecule has 0 spiro atoms. The average Bonchev–Trinajstić information content (AvgIpc) is 2.65. The van der Waals surface area contributed by atoms with Crippen molar-refractivity contribution in [2.75, 3.05) is 0 Å². The molecule has 0 aliphatic rings. The monoisotopic (exact) mass is 299 g/mol. The molecule has 3 rings (SSSR count). The van der Waals surface area contributed by atoms with Crippen molar-refractivity contribution in [3.63, 3.8) is 0 Å². The molecule has 0 saturated carbocycles. The van der Waals surface area contributed by atoms with E-state index in [2.05, 4.69) is 11.1 Å². The van der Waals surface area contributed by atoms with Gasteiger partial charge in [0.2, 0.25) is 0 Å². The van der Waals surface area contributed by atoms with Gasteiger partial charge in [-0.05, 0) is 17.3 Å². The number of aromatic nitrogens is 1. The van der Waals surface area contributed by atoms with E-state index in [4.69, 9.17) is 33.2 Å². The van der Waals surface area contributed by atoms with Crippen molar-refractivity contribution in [2.45, 2.75) is 0 Å². The van der Waals surface area contributed by atoms with Crippen LogP contribution < -0.4 is 5.19 Å². The lowest BCUT2D eigenvalue weighted by atomic mass is 10.1. The zero-order valence-corrected chi connectivity index (χ0v) is 11.9. The highest BCUT2D eigenvalue weighted by molar-refractivity contribution is 7.69. The summed E-state index contributed by atoms with van der Waals surface area (Å²) < 4.78 is 0. The number of para-hydroxylation sites is 1. The number of aromatic amines is 1. The first-order valence-corrected chi connectivity index (χ1v) is 10.2. The van der Waals surface area contributed by atoms with E-state index in [1.54, 1.807) is 0 Å². The van der Waals surface area contributed by atoms with Crippen molar-refractivity contribution in [3.05, 3.63) is 42.5 Å². The normalized spacial score (nSPS) is 12.4. The van der Waals surface area contributed by atoms with Gasteiger partial charge in [0.1, 0.15) is 0 Å². The van der Waals surface area contributed by atoms with Crippen LogP contribution in [0.15, 0.2) is 42.5 Å². The molecule has 3 aromatic rings. The predicted molar refractivity (Wildman–Crippen MR) is 78.8 cm³/mol. The third kappa shape index (κ3) is 1.95. The van der Waals surface area contributed by atoms with Gasteiger partial charge in [-0.25, -0.2) is 0 Å². The number of fused-ring (bicyclic) bond motifs is 3. The quantitative estimate of drug-likeness (QED) is 0.512. The van der Waals surface area contributed by atoms with Gasteiger partial charge in [0.05, 0.1) is 0 Å². The Morgan fingerprint density at radius 3 is 2.29 bits per heavy atom. The third-order valence-corrected chi connectivity index (χ3v) is 5.76. The fourth-order valence-electron chi connectivity index (χ4n) is 2.03. The minimum absolute atomic E-state index is 0.807. The van der Waals surface area contributed by atoms with Gasteiger partial charge in [-0.1, -0.05) is 30.3 Å². The number of nitrogens with one attached hydrogen (secondary N) is 1. The second-order valence-corrected chi connectivity index (χ2v) is 12.3. The van der Waals surface area contributed by atoms with Gasteiger partial charge in [-0.2, -0.15) is 0 Å². The van der Waals surface area contributed by atoms with Gasteiger partial charge < -0.3 is 4.98 Å². The second kappa shape index (κ2) is 3.92. The number of hydrogen-bond donors (Lipinski definition) is 1. The summed E-state index contributed by atoms with van der Waals surface area (Å²) in [5.41, 5.74) is 2.12. The van der Waals surface area contributed by atoms with Gasteiger partial charge in [0, 0.05) is 21.8 Å². The van der Waals surface area contributed by atoms with Crippen LogP contribution in [0.4, 0.5) is 0 Å². The van der Waals surface area contributed by atoms with Crippen molar-refractivity contribution in [1.82, 2.24) is 4.98 Å². The number of benzene rings is 2. The molecule has 0 atom stereocenters. The molecule has 86 valence electrons. The molecule has 2 aromatic carbocycles. The third-order valence-electron chi connectivity index (χ3n) is 2.83. The standard InChI is InChI=1S/C12H8Cl3NSi/c13-17(14,15)8-5-6-10-9-3-1-2-4-11(9)16-12(10)7-8/h1-7,16H. The molecule has 0 radical (unpaired) electrons. The summed E-state index contributed by atoms with van der Waals surface area (Å²) in [4.78, 5) is 3.34. The number of halogens is 3. The SMILES string of the molecule is Cl[Si](Cl)(Cl)c1ccc2c(c1)[nH]c1ccccc12. The molecule has 5 heteroatoms. The van der Waals surface area contributed by atoms with E-state index in [0.29, 0.717) is 0 Å². The summed E-state index contributed by atoms with van der Waals surface area (Å²) in [6.07, 6.45) is 0. The van der Waals surface area contributed by atoms with Crippen molar-refractivity contribution >= 4 is 66.2 Å². The molecule has 0 fully saturated rings. The fraction of sp³-hybridized carbons (Fsp3) is 0. The molecule has 0 bridgehead atoms. The van der Waals surface area contributed by atoms with Gasteiger partial charge in [-0.3, -0.25) is 0 Å². The van der Waals surface area contributed by atoms with Crippen LogP contribution in [0.5, 0.6) is 0 Å². The molecule has 1 nitrogen and oxygen atoms in total. The molecule has 0 aliphatic heterocycles. The Kier molecular flexibility index (Phi) is 2.63. The minimum Gasteiger partial charge on any atom is -0.355 e. The maximum atomic E-state index is 6.01. The Hall–Kier alpha value is -0.673. The van der Waals surface area contributed by atoms with E-state index >= 15 is 0 Å². The Labute approximate surface area is 113 Å². The van der Waals surface area contributed by atoms with Crippen LogP contribution in [0.2, 0.25) is 0 Å². The van der Waals surface area contributed by atoms with E-state index in [1.165, 1.54) is 5.39 Å². The predicted octanol–water partition coefficient (Wildman–Crippen LogP) is 4.18. The van der Waals surface area contributed by atoms with Gasteiger partial charge >= 0.3 is 6.00 Å². The van der Waals surface area contributed by atoms with Crippen LogP contribution >= 0.6 is 33.2 Å². The zero-order chi connectivity index (χ0) is 12.0. The summed E-state index contributed by atoms with van der Waals surface area (Å²) in [5.74, 6) is 0. The molecule has 1 aromatic heterocycles. The maximum Gasteiger partial charge on any atom is 0.372 e. The van der Waals surface area contributed by atoms with Gasteiger partial charge in [-0.15, -0.1) is 33.2 Å². The van der Waals surface area contributed by atoms with Gasteiger partial charge in [0.25, 0.3) is 0 Å². The van der Waals surface area contributed by atoms with Crippen molar-refractivity contribution in [3.8, 4) is 0 Å². The van der Waals surface area contributed by atoms with Crippen molar-refractivity contribution < 1.29 is 0 Å². The molecule has 0 saturated heterocycles. The summed E-state index contributed by atoms with van der Waals surface area (Å²) >= 11 is 18.0. The Morgan fingerprint density at radius 2 is 1.53 bits per heavy atom. The number of H-pyrrole nitrogens is 1. The van der Waals surface area contributed by atoms with E-state index < -0.39 is 6.00 Å². The van der Waals surface area contributed by atoms with Crippen LogP contribution in [0.3, 0.4) is 0 Å². The second-order valence-electron chi connectivity index (χ2n) is 3.93. The number of hydrogen-bond acceptors (Lipinski definition) is 0. The first kappa shape index (κ1) is 11.4. The Balaban J connectivity index is 2.34. The lowest BCUT2D eigenvalue weighted by Gasteiger charge is -2.07. The first-order chi connectivity index (χ1) is 8.05. The van der Waals surface area contributed by atoms with Crippen molar-refractivity contribution in [2.24, 2.45) is 0 Å². The fourth-order valence-corrected chi connectivity index (χ4v) is 3.67. The van der Waals surface area contributed by atoms with Crippen LogP contribution in [0.1, 0.15) is 0 Å². The minimum atomic E-state index is -2.80. The molecular weight excluding hydrogens is 293 g/mol. The molecule has 0 aliphatic carbocycles. The molecule has 1 heterocycles. The van der Waals surface area contributed by atoms with E-state index in [1.807, 2.05) is 36.4 Å².